The zero-order valence-electron chi connectivity index (χ0n) is 20.3. The minimum atomic E-state index is -0.678. The molecule has 0 saturated heterocycles. The first-order chi connectivity index (χ1) is 17.9. The summed E-state index contributed by atoms with van der Waals surface area (Å²) in [5.74, 6) is -0.455. The van der Waals surface area contributed by atoms with Crippen LogP contribution < -0.4 is 10.1 Å². The van der Waals surface area contributed by atoms with E-state index in [0.29, 0.717) is 17.3 Å². The van der Waals surface area contributed by atoms with Crippen molar-refractivity contribution in [2.24, 2.45) is 10.1 Å². The molecule has 3 aromatic carbocycles. The van der Waals surface area contributed by atoms with Gasteiger partial charge in [0.25, 0.3) is 5.91 Å². The molecule has 0 spiro atoms. The number of amidine groups is 1. The molecule has 2 amide bonds. The van der Waals surface area contributed by atoms with Gasteiger partial charge in [-0.25, -0.2) is 9.40 Å². The van der Waals surface area contributed by atoms with E-state index >= 15 is 0 Å². The van der Waals surface area contributed by atoms with Crippen LogP contribution in [0.25, 0.3) is 0 Å². The number of hydrogen-bond acceptors (Lipinski definition) is 6. The largest absolute Gasteiger partial charge is 0.497 e. The van der Waals surface area contributed by atoms with Gasteiger partial charge >= 0.3 is 0 Å². The second-order valence-electron chi connectivity index (χ2n) is 8.85. The number of aliphatic imine (C=N–C) groups is 1. The number of halogens is 1. The summed E-state index contributed by atoms with van der Waals surface area (Å²) < 4.78 is 18.7. The van der Waals surface area contributed by atoms with E-state index in [1.165, 1.54) is 30.0 Å². The molecule has 1 N–H and O–H groups in total. The van der Waals surface area contributed by atoms with Crippen LogP contribution in [0.4, 0.5) is 10.1 Å². The molecule has 0 radical (unpaired) electrons. The number of aryl methyl sites for hydroxylation is 1. The summed E-state index contributed by atoms with van der Waals surface area (Å²) in [7, 11) is 1.62. The SMILES string of the molecule is COc1ccc(C2=NN(C3=NC(=O)[C@@H](CC(=O)Nc4cccc(F)c4)S3)[C@@H](c3ccc(C)cc3)C2)cc1. The molecular formula is C28H25FN4O3S. The maximum Gasteiger partial charge on any atom is 0.262 e. The second kappa shape index (κ2) is 10.6. The van der Waals surface area contributed by atoms with E-state index in [2.05, 4.69) is 22.4 Å². The number of ether oxygens (including phenoxy) is 1. The highest BCUT2D eigenvalue weighted by Crippen LogP contribution is 2.38. The number of methoxy groups -OCH3 is 1. The first kappa shape index (κ1) is 24.7. The number of carbonyl (C=O) groups excluding carboxylic acids is 2. The number of amides is 2. The molecule has 0 bridgehead atoms. The van der Waals surface area contributed by atoms with Crippen molar-refractivity contribution in [3.8, 4) is 5.75 Å². The molecule has 37 heavy (non-hydrogen) atoms. The van der Waals surface area contributed by atoms with Crippen LogP contribution >= 0.6 is 11.8 Å². The molecule has 0 saturated carbocycles. The van der Waals surface area contributed by atoms with Crippen molar-refractivity contribution in [3.63, 3.8) is 0 Å². The topological polar surface area (TPSA) is 83.4 Å². The van der Waals surface area contributed by atoms with Crippen molar-refractivity contribution in [2.45, 2.75) is 31.1 Å². The number of nitrogens with one attached hydrogen (secondary N) is 1. The van der Waals surface area contributed by atoms with Gasteiger partial charge in [0, 0.05) is 18.5 Å². The molecule has 5 rings (SSSR count). The highest BCUT2D eigenvalue weighted by molar-refractivity contribution is 8.15. The number of benzene rings is 3. The number of hydrogen-bond donors (Lipinski definition) is 1. The molecule has 7 nitrogen and oxygen atoms in total. The Hall–Kier alpha value is -3.98. The molecular weight excluding hydrogens is 491 g/mol. The van der Waals surface area contributed by atoms with Crippen LogP contribution in [0.1, 0.15) is 35.6 Å². The molecule has 2 aliphatic rings. The Morgan fingerprint density at radius 2 is 1.89 bits per heavy atom. The van der Waals surface area contributed by atoms with E-state index in [4.69, 9.17) is 9.84 Å². The van der Waals surface area contributed by atoms with Crippen molar-refractivity contribution in [1.82, 2.24) is 5.01 Å². The minimum Gasteiger partial charge on any atom is -0.497 e. The molecule has 2 atom stereocenters. The van der Waals surface area contributed by atoms with Gasteiger partial charge in [-0.2, -0.15) is 10.1 Å². The van der Waals surface area contributed by atoms with E-state index in [1.54, 1.807) is 18.2 Å². The number of nitrogens with zero attached hydrogens (tertiary/aromatic N) is 3. The van der Waals surface area contributed by atoms with Crippen LogP contribution in [0.5, 0.6) is 5.75 Å². The van der Waals surface area contributed by atoms with Crippen LogP contribution in [0.15, 0.2) is 82.9 Å². The third kappa shape index (κ3) is 5.56. The summed E-state index contributed by atoms with van der Waals surface area (Å²) in [6, 6.07) is 21.4. The van der Waals surface area contributed by atoms with Crippen LogP contribution in [0.3, 0.4) is 0 Å². The first-order valence-electron chi connectivity index (χ1n) is 11.8. The van der Waals surface area contributed by atoms with Gasteiger partial charge < -0.3 is 10.1 Å². The van der Waals surface area contributed by atoms with E-state index < -0.39 is 11.1 Å². The second-order valence-corrected chi connectivity index (χ2v) is 10.0. The molecule has 3 aromatic rings. The maximum atomic E-state index is 13.4. The van der Waals surface area contributed by atoms with Crippen LogP contribution in [-0.4, -0.2) is 40.1 Å². The fourth-order valence-electron chi connectivity index (χ4n) is 4.24. The van der Waals surface area contributed by atoms with E-state index in [9.17, 15) is 14.0 Å². The molecule has 0 unspecified atom stereocenters. The highest BCUT2D eigenvalue weighted by atomic mass is 32.2. The summed E-state index contributed by atoms with van der Waals surface area (Å²) in [5, 5.41) is 9.08. The molecule has 188 valence electrons. The minimum absolute atomic E-state index is 0.0783. The van der Waals surface area contributed by atoms with Gasteiger partial charge in [0.05, 0.1) is 18.9 Å². The lowest BCUT2D eigenvalue weighted by Crippen LogP contribution is -2.25. The van der Waals surface area contributed by atoms with Gasteiger partial charge in [0.15, 0.2) is 5.17 Å². The fourth-order valence-corrected chi connectivity index (χ4v) is 5.31. The Kier molecular flexibility index (Phi) is 7.05. The molecule has 0 aromatic heterocycles. The third-order valence-electron chi connectivity index (χ3n) is 6.20. The molecule has 2 heterocycles. The lowest BCUT2D eigenvalue weighted by molar-refractivity contribution is -0.121. The van der Waals surface area contributed by atoms with Crippen LogP contribution in [0, 0.1) is 12.7 Å². The average Bonchev–Trinajstić information content (AvgIpc) is 3.48. The van der Waals surface area contributed by atoms with Crippen LogP contribution in [0.2, 0.25) is 0 Å². The van der Waals surface area contributed by atoms with Crippen molar-refractivity contribution in [2.75, 3.05) is 12.4 Å². The quantitative estimate of drug-likeness (QED) is 0.480. The Balaban J connectivity index is 1.35. The number of anilines is 1. The summed E-state index contributed by atoms with van der Waals surface area (Å²) in [4.78, 5) is 29.6. The van der Waals surface area contributed by atoms with Crippen molar-refractivity contribution >= 4 is 40.1 Å². The number of carbonyl (C=O) groups is 2. The first-order valence-corrected chi connectivity index (χ1v) is 12.7. The average molecular weight is 517 g/mol. The molecule has 2 aliphatic heterocycles. The van der Waals surface area contributed by atoms with Gasteiger partial charge in [-0.1, -0.05) is 47.7 Å². The van der Waals surface area contributed by atoms with Gasteiger partial charge in [-0.05, 0) is 60.5 Å². The maximum absolute atomic E-state index is 13.4. The van der Waals surface area contributed by atoms with Crippen LogP contribution in [-0.2, 0) is 9.59 Å². The van der Waals surface area contributed by atoms with Crippen molar-refractivity contribution in [1.29, 1.82) is 0 Å². The van der Waals surface area contributed by atoms with E-state index in [-0.39, 0.29) is 24.3 Å². The van der Waals surface area contributed by atoms with Gasteiger partial charge in [0.2, 0.25) is 5.91 Å². The Morgan fingerprint density at radius 3 is 2.59 bits per heavy atom. The highest BCUT2D eigenvalue weighted by Gasteiger charge is 2.39. The van der Waals surface area contributed by atoms with Crippen molar-refractivity contribution < 1.29 is 18.7 Å². The Bertz CT molecular complexity index is 1390. The predicted octanol–water partition coefficient (Wildman–Crippen LogP) is 5.32. The third-order valence-corrected chi connectivity index (χ3v) is 7.34. The van der Waals surface area contributed by atoms with Gasteiger partial charge in [-0.3, -0.25) is 9.59 Å². The molecule has 9 heteroatoms. The Labute approximate surface area is 218 Å². The smallest absolute Gasteiger partial charge is 0.262 e. The fraction of sp³-hybridized carbons (Fsp3) is 0.214. The number of rotatable bonds is 6. The van der Waals surface area contributed by atoms with Gasteiger partial charge in [0.1, 0.15) is 16.8 Å². The van der Waals surface area contributed by atoms with Crippen molar-refractivity contribution in [3.05, 3.63) is 95.3 Å². The summed E-state index contributed by atoms with van der Waals surface area (Å²) in [6.45, 7) is 2.03. The summed E-state index contributed by atoms with van der Waals surface area (Å²) in [5.41, 5.74) is 4.38. The normalized spacial score (nSPS) is 19.0. The van der Waals surface area contributed by atoms with E-state index in [0.717, 1.165) is 28.2 Å². The molecule has 0 fully saturated rings. The lowest BCUT2D eigenvalue weighted by Gasteiger charge is -2.23. The number of thioether (sulfide) groups is 1. The monoisotopic (exact) mass is 516 g/mol. The number of hydrazone groups is 1. The van der Waals surface area contributed by atoms with E-state index in [1.807, 2.05) is 43.3 Å². The zero-order valence-corrected chi connectivity index (χ0v) is 21.2. The molecule has 0 aliphatic carbocycles. The summed E-state index contributed by atoms with van der Waals surface area (Å²) in [6.07, 6.45) is 0.555. The van der Waals surface area contributed by atoms with Gasteiger partial charge in [-0.15, -0.1) is 0 Å². The summed E-state index contributed by atoms with van der Waals surface area (Å²) >= 11 is 1.23. The Morgan fingerprint density at radius 1 is 1.14 bits per heavy atom. The standard InChI is InChI=1S/C28H25FN4O3S/c1-17-6-8-19(9-7-17)24-15-23(18-10-12-22(36-2)13-11-18)32-33(24)28-31-27(35)25(37-28)16-26(34)30-21-5-3-4-20(29)14-21/h3-14,24-25H,15-16H2,1-2H3,(H,30,34)/t24-,25-/m1/s1. The zero-order chi connectivity index (χ0) is 25.9. The lowest BCUT2D eigenvalue weighted by atomic mass is 9.98. The predicted molar refractivity (Wildman–Crippen MR) is 143 cm³/mol.